The molecule has 0 saturated heterocycles. The molecule has 0 aromatic heterocycles. The smallest absolute Gasteiger partial charge is 0.318 e. The molecule has 11 heavy (non-hydrogen) atoms. The van der Waals surface area contributed by atoms with E-state index in [0.29, 0.717) is 0 Å². The summed E-state index contributed by atoms with van der Waals surface area (Å²) < 4.78 is 0. The van der Waals surface area contributed by atoms with Crippen molar-refractivity contribution in [3.63, 3.8) is 0 Å². The monoisotopic (exact) mass is 153 g/mol. The second-order valence-electron chi connectivity index (χ2n) is 2.19. The number of rotatable bonds is 1. The summed E-state index contributed by atoms with van der Waals surface area (Å²) in [6.07, 6.45) is 4.16. The van der Waals surface area contributed by atoms with Crippen molar-refractivity contribution < 1.29 is 14.7 Å². The average molecular weight is 153 g/mol. The molecule has 3 N–H and O–H groups in total. The van der Waals surface area contributed by atoms with Crippen molar-refractivity contribution in [3.05, 3.63) is 23.9 Å². The minimum absolute atomic E-state index is 0.0000926. The third-order valence-electron chi connectivity index (χ3n) is 1.41. The van der Waals surface area contributed by atoms with Gasteiger partial charge < -0.3 is 10.8 Å². The zero-order valence-electron chi connectivity index (χ0n) is 5.65. The molecule has 0 saturated carbocycles. The van der Waals surface area contributed by atoms with Gasteiger partial charge in [0.15, 0.2) is 5.78 Å². The molecule has 0 aliphatic heterocycles. The van der Waals surface area contributed by atoms with Crippen molar-refractivity contribution in [2.75, 3.05) is 0 Å². The van der Waals surface area contributed by atoms with E-state index in [1.807, 2.05) is 0 Å². The fourth-order valence-corrected chi connectivity index (χ4v) is 0.814. The number of hydrogen-bond acceptors (Lipinski definition) is 3. The van der Waals surface area contributed by atoms with Crippen molar-refractivity contribution >= 4 is 11.8 Å². The molecule has 4 nitrogen and oxygen atoms in total. The van der Waals surface area contributed by atoms with Gasteiger partial charge in [0, 0.05) is 0 Å². The number of Topliss-reactive ketones (excluding diaryl/α,β-unsaturated/α-hetero) is 1. The van der Waals surface area contributed by atoms with Crippen molar-refractivity contribution in [3.8, 4) is 0 Å². The first-order chi connectivity index (χ1) is 5.13. The summed E-state index contributed by atoms with van der Waals surface area (Å²) >= 11 is 0. The van der Waals surface area contributed by atoms with Gasteiger partial charge in [0.05, 0.1) is 5.70 Å². The lowest BCUT2D eigenvalue weighted by Crippen LogP contribution is -2.28. The number of carboxylic acid groups (broad SMARTS) is 1. The Morgan fingerprint density at radius 2 is 2.27 bits per heavy atom. The first-order valence-corrected chi connectivity index (χ1v) is 3.04. The number of hydrogen-bond donors (Lipinski definition) is 2. The third-order valence-corrected chi connectivity index (χ3v) is 1.41. The summed E-state index contributed by atoms with van der Waals surface area (Å²) in [5.74, 6) is -2.80. The lowest BCUT2D eigenvalue weighted by atomic mass is 9.97. The van der Waals surface area contributed by atoms with E-state index in [4.69, 9.17) is 10.8 Å². The van der Waals surface area contributed by atoms with Crippen LogP contribution < -0.4 is 5.73 Å². The van der Waals surface area contributed by atoms with Crippen LogP contribution in [0.4, 0.5) is 0 Å². The quantitative estimate of drug-likeness (QED) is 0.505. The van der Waals surface area contributed by atoms with Crippen molar-refractivity contribution in [2.24, 2.45) is 11.7 Å². The molecule has 0 amide bonds. The van der Waals surface area contributed by atoms with Crippen LogP contribution in [0.1, 0.15) is 0 Å². The lowest BCUT2D eigenvalue weighted by Gasteiger charge is -2.09. The van der Waals surface area contributed by atoms with E-state index >= 15 is 0 Å². The van der Waals surface area contributed by atoms with Crippen molar-refractivity contribution in [1.82, 2.24) is 0 Å². The van der Waals surface area contributed by atoms with Gasteiger partial charge in [-0.1, -0.05) is 12.2 Å². The van der Waals surface area contributed by atoms with Crippen LogP contribution in [0, 0.1) is 5.92 Å². The first kappa shape index (κ1) is 7.53. The van der Waals surface area contributed by atoms with E-state index in [1.54, 1.807) is 0 Å². The highest BCUT2D eigenvalue weighted by Crippen LogP contribution is 2.10. The minimum Gasteiger partial charge on any atom is -0.480 e. The molecule has 1 aliphatic rings. The fourth-order valence-electron chi connectivity index (χ4n) is 0.814. The predicted molar refractivity (Wildman–Crippen MR) is 37.5 cm³/mol. The predicted octanol–water partition coefficient (Wildman–Crippen LogP) is -0.331. The molecule has 0 radical (unpaired) electrons. The van der Waals surface area contributed by atoms with Crippen LogP contribution >= 0.6 is 0 Å². The molecule has 1 atom stereocenters. The largest absolute Gasteiger partial charge is 0.480 e. The minimum atomic E-state index is -1.16. The number of nitrogens with two attached hydrogens (primary N) is 1. The Morgan fingerprint density at radius 3 is 2.73 bits per heavy atom. The first-order valence-electron chi connectivity index (χ1n) is 3.04. The zero-order chi connectivity index (χ0) is 8.43. The summed E-state index contributed by atoms with van der Waals surface area (Å²) in [5, 5.41) is 8.47. The van der Waals surface area contributed by atoms with Crippen LogP contribution in [-0.2, 0) is 9.59 Å². The molecule has 0 bridgehead atoms. The zero-order valence-corrected chi connectivity index (χ0v) is 5.65. The SMILES string of the molecule is NC1=CC=CC(C(=O)O)C1=O. The van der Waals surface area contributed by atoms with Gasteiger partial charge in [0.25, 0.3) is 0 Å². The van der Waals surface area contributed by atoms with Gasteiger partial charge in [-0.15, -0.1) is 0 Å². The lowest BCUT2D eigenvalue weighted by molar-refractivity contribution is -0.143. The van der Waals surface area contributed by atoms with Crippen molar-refractivity contribution in [2.45, 2.75) is 0 Å². The number of carboxylic acids is 1. The molecule has 58 valence electrons. The van der Waals surface area contributed by atoms with Gasteiger partial charge in [-0.25, -0.2) is 0 Å². The Balaban J connectivity index is 2.90. The van der Waals surface area contributed by atoms with Gasteiger partial charge in [0.2, 0.25) is 0 Å². The molecular formula is C7H7NO3. The summed E-state index contributed by atoms with van der Waals surface area (Å²) in [6, 6.07) is 0. The number of carbonyl (C=O) groups is 2. The summed E-state index contributed by atoms with van der Waals surface area (Å²) in [7, 11) is 0. The normalized spacial score (nSPS) is 23.1. The summed E-state index contributed by atoms with van der Waals surface area (Å²) in [4.78, 5) is 21.3. The van der Waals surface area contributed by atoms with Gasteiger partial charge >= 0.3 is 5.97 Å². The van der Waals surface area contributed by atoms with E-state index in [9.17, 15) is 9.59 Å². The molecule has 0 aromatic carbocycles. The van der Waals surface area contributed by atoms with Crippen LogP contribution in [0.25, 0.3) is 0 Å². The van der Waals surface area contributed by atoms with Gasteiger partial charge in [-0.3, -0.25) is 9.59 Å². The maximum atomic E-state index is 10.9. The Bertz CT molecular complexity index is 265. The molecule has 1 unspecified atom stereocenters. The van der Waals surface area contributed by atoms with E-state index in [1.165, 1.54) is 18.2 Å². The van der Waals surface area contributed by atoms with Crippen LogP contribution in [0.15, 0.2) is 23.9 Å². The van der Waals surface area contributed by atoms with Crippen molar-refractivity contribution in [1.29, 1.82) is 0 Å². The molecule has 1 aliphatic carbocycles. The van der Waals surface area contributed by atoms with E-state index < -0.39 is 17.7 Å². The van der Waals surface area contributed by atoms with E-state index in [2.05, 4.69) is 0 Å². The fraction of sp³-hybridized carbons (Fsp3) is 0.143. The highest BCUT2D eigenvalue weighted by atomic mass is 16.4. The third kappa shape index (κ3) is 1.29. The van der Waals surface area contributed by atoms with Crippen LogP contribution in [0.5, 0.6) is 0 Å². The van der Waals surface area contributed by atoms with Gasteiger partial charge in [-0.05, 0) is 6.08 Å². The number of carbonyl (C=O) groups excluding carboxylic acids is 1. The highest BCUT2D eigenvalue weighted by Gasteiger charge is 2.26. The topological polar surface area (TPSA) is 80.4 Å². The maximum absolute atomic E-state index is 10.9. The Kier molecular flexibility index (Phi) is 1.76. The van der Waals surface area contributed by atoms with E-state index in [-0.39, 0.29) is 5.70 Å². The molecule has 4 heteroatoms. The van der Waals surface area contributed by atoms with Crippen LogP contribution in [-0.4, -0.2) is 16.9 Å². The van der Waals surface area contributed by atoms with Crippen LogP contribution in [0.3, 0.4) is 0 Å². The second kappa shape index (κ2) is 2.57. The number of ketones is 1. The number of allylic oxidation sites excluding steroid dienone is 3. The highest BCUT2D eigenvalue weighted by molar-refractivity contribution is 6.09. The second-order valence-corrected chi connectivity index (χ2v) is 2.19. The van der Waals surface area contributed by atoms with Gasteiger partial charge in [-0.2, -0.15) is 0 Å². The molecule has 1 rings (SSSR count). The van der Waals surface area contributed by atoms with E-state index in [0.717, 1.165) is 0 Å². The molecule has 0 heterocycles. The standard InChI is InChI=1S/C7H7NO3/c8-5-3-1-2-4(6(5)9)7(10)11/h1-4H,8H2,(H,10,11). The summed E-state index contributed by atoms with van der Waals surface area (Å²) in [5.41, 5.74) is 5.20. The molecule has 0 aromatic rings. The molecular weight excluding hydrogens is 146 g/mol. The Labute approximate surface area is 63.0 Å². The van der Waals surface area contributed by atoms with Crippen LogP contribution in [0.2, 0.25) is 0 Å². The number of aliphatic carboxylic acids is 1. The van der Waals surface area contributed by atoms with Gasteiger partial charge in [0.1, 0.15) is 5.92 Å². The maximum Gasteiger partial charge on any atom is 0.318 e. The Hall–Kier alpha value is -1.58. The average Bonchev–Trinajstić information content (AvgIpc) is 1.94. The molecule has 0 fully saturated rings. The summed E-state index contributed by atoms with van der Waals surface area (Å²) in [6.45, 7) is 0. The molecule has 0 spiro atoms. The Morgan fingerprint density at radius 1 is 1.64 bits per heavy atom.